The van der Waals surface area contributed by atoms with Crippen molar-refractivity contribution in [1.29, 1.82) is 0 Å². The highest BCUT2D eigenvalue weighted by Gasteiger charge is 2.33. The summed E-state index contributed by atoms with van der Waals surface area (Å²) >= 11 is 3.55. The lowest BCUT2D eigenvalue weighted by atomic mass is 10.1. The Hall–Kier alpha value is -3.18. The average Bonchev–Trinajstić information content (AvgIpc) is 3.00. The summed E-state index contributed by atoms with van der Waals surface area (Å²) in [5.41, 5.74) is 2.72. The van der Waals surface area contributed by atoms with Crippen molar-refractivity contribution in [2.24, 2.45) is 4.99 Å². The molecule has 3 aromatic rings. The van der Waals surface area contributed by atoms with E-state index < -0.39 is 0 Å². The topological polar surface area (TPSA) is 52.9 Å². The Bertz CT molecular complexity index is 1060. The number of benzene rings is 3. The number of anilines is 1. The van der Waals surface area contributed by atoms with Crippen LogP contribution in [0.25, 0.3) is 6.08 Å². The van der Waals surface area contributed by atoms with Gasteiger partial charge in [-0.2, -0.15) is 0 Å². The number of aromatic hydroxyl groups is 1. The van der Waals surface area contributed by atoms with E-state index in [0.29, 0.717) is 17.2 Å². The molecule has 1 aliphatic rings. The van der Waals surface area contributed by atoms with Gasteiger partial charge in [0.15, 0.2) is 0 Å². The molecule has 0 atom stereocenters. The molecule has 1 N–H and O–H groups in total. The molecule has 4 nitrogen and oxygen atoms in total. The van der Waals surface area contributed by atoms with Crippen LogP contribution in [-0.4, -0.2) is 16.8 Å². The third-order valence-corrected chi connectivity index (χ3v) is 4.88. The first-order valence-corrected chi connectivity index (χ1v) is 9.16. The zero-order chi connectivity index (χ0) is 18.8. The monoisotopic (exact) mass is 418 g/mol. The van der Waals surface area contributed by atoms with E-state index in [1.807, 2.05) is 54.6 Å². The smallest absolute Gasteiger partial charge is 0.282 e. The zero-order valence-corrected chi connectivity index (χ0v) is 15.8. The summed E-state index contributed by atoms with van der Waals surface area (Å²) in [7, 11) is 0. The zero-order valence-electron chi connectivity index (χ0n) is 14.2. The van der Waals surface area contributed by atoms with Crippen LogP contribution in [0.2, 0.25) is 0 Å². The second kappa shape index (κ2) is 7.21. The Balaban J connectivity index is 1.85. The van der Waals surface area contributed by atoms with Crippen molar-refractivity contribution in [3.05, 3.63) is 100 Å². The van der Waals surface area contributed by atoms with Crippen molar-refractivity contribution in [1.82, 2.24) is 0 Å². The molecule has 5 heteroatoms. The number of hydrogen-bond acceptors (Lipinski definition) is 3. The third kappa shape index (κ3) is 3.41. The fourth-order valence-electron chi connectivity index (χ4n) is 2.89. The maximum absolute atomic E-state index is 13.2. The lowest BCUT2D eigenvalue weighted by Gasteiger charge is -2.19. The first-order valence-electron chi connectivity index (χ1n) is 8.37. The predicted octanol–water partition coefficient (Wildman–Crippen LogP) is 4.99. The summed E-state index contributed by atoms with van der Waals surface area (Å²) in [6.07, 6.45) is 1.78. The number of halogens is 1. The summed E-state index contributed by atoms with van der Waals surface area (Å²) in [5.74, 6) is 0.473. The van der Waals surface area contributed by atoms with Crippen molar-refractivity contribution < 1.29 is 9.90 Å². The average molecular weight is 419 g/mol. The second-order valence-electron chi connectivity index (χ2n) is 6.01. The number of carbonyl (C=O) groups is 1. The van der Waals surface area contributed by atoms with Gasteiger partial charge in [-0.05, 0) is 42.0 Å². The summed E-state index contributed by atoms with van der Waals surface area (Å²) < 4.78 is 0.848. The van der Waals surface area contributed by atoms with E-state index in [0.717, 1.165) is 15.6 Å². The van der Waals surface area contributed by atoms with Crippen molar-refractivity contribution >= 4 is 39.4 Å². The summed E-state index contributed by atoms with van der Waals surface area (Å²) in [6.45, 7) is 0. The van der Waals surface area contributed by atoms with Crippen molar-refractivity contribution in [3.8, 4) is 5.75 Å². The van der Waals surface area contributed by atoms with Gasteiger partial charge in [-0.3, -0.25) is 9.69 Å². The van der Waals surface area contributed by atoms with Crippen molar-refractivity contribution in [2.75, 3.05) is 4.90 Å². The summed E-state index contributed by atoms with van der Waals surface area (Å²) in [4.78, 5) is 19.4. The minimum absolute atomic E-state index is 0.143. The number of amides is 1. The highest BCUT2D eigenvalue weighted by Crippen LogP contribution is 2.31. The van der Waals surface area contributed by atoms with Crippen LogP contribution in [0.15, 0.2) is 94.0 Å². The Labute approximate surface area is 165 Å². The van der Waals surface area contributed by atoms with Crippen LogP contribution >= 0.6 is 15.9 Å². The molecule has 0 aromatic heterocycles. The third-order valence-electron chi connectivity index (χ3n) is 4.19. The molecule has 0 radical (unpaired) electrons. The number of carbonyl (C=O) groups excluding carboxylic acids is 1. The predicted molar refractivity (Wildman–Crippen MR) is 111 cm³/mol. The van der Waals surface area contributed by atoms with Gasteiger partial charge in [-0.1, -0.05) is 64.5 Å². The highest BCUT2D eigenvalue weighted by molar-refractivity contribution is 9.10. The molecule has 1 amide bonds. The number of hydrogen-bond donors (Lipinski definition) is 1. The van der Waals surface area contributed by atoms with E-state index in [9.17, 15) is 9.90 Å². The number of nitrogens with zero attached hydrogens (tertiary/aromatic N) is 2. The molecule has 27 heavy (non-hydrogen) atoms. The van der Waals surface area contributed by atoms with Gasteiger partial charge in [0, 0.05) is 10.0 Å². The minimum Gasteiger partial charge on any atom is -0.508 e. The molecular formula is C22H15BrN2O2. The molecule has 1 heterocycles. The summed E-state index contributed by atoms with van der Waals surface area (Å²) in [6, 6.07) is 23.8. The van der Waals surface area contributed by atoms with Crippen LogP contribution in [0.1, 0.15) is 11.1 Å². The fraction of sp³-hybridized carbons (Fsp3) is 0. The quantitative estimate of drug-likeness (QED) is 0.609. The van der Waals surface area contributed by atoms with E-state index in [2.05, 4.69) is 20.9 Å². The minimum atomic E-state index is -0.213. The fourth-order valence-corrected chi connectivity index (χ4v) is 3.35. The van der Waals surface area contributed by atoms with Crippen LogP contribution in [0.4, 0.5) is 5.69 Å². The van der Waals surface area contributed by atoms with Gasteiger partial charge in [-0.15, -0.1) is 0 Å². The van der Waals surface area contributed by atoms with Gasteiger partial charge in [0.05, 0.1) is 5.69 Å². The van der Waals surface area contributed by atoms with Crippen molar-refractivity contribution in [2.45, 2.75) is 0 Å². The van der Waals surface area contributed by atoms with Crippen molar-refractivity contribution in [3.63, 3.8) is 0 Å². The van der Waals surface area contributed by atoms with E-state index in [1.165, 1.54) is 0 Å². The number of phenols is 1. The normalized spacial score (nSPS) is 15.3. The molecule has 0 unspecified atom stereocenters. The molecule has 1 aliphatic heterocycles. The van der Waals surface area contributed by atoms with Crippen LogP contribution in [0, 0.1) is 0 Å². The number of phenolic OH excluding ortho intramolecular Hbond substituents is 1. The lowest BCUT2D eigenvalue weighted by molar-refractivity contribution is -0.113. The van der Waals surface area contributed by atoms with Crippen LogP contribution in [0.3, 0.4) is 0 Å². The Morgan fingerprint density at radius 2 is 1.56 bits per heavy atom. The second-order valence-corrected chi connectivity index (χ2v) is 6.87. The summed E-state index contributed by atoms with van der Waals surface area (Å²) in [5, 5.41) is 9.59. The van der Waals surface area contributed by atoms with Gasteiger partial charge < -0.3 is 5.11 Å². The molecule has 0 fully saturated rings. The molecule has 4 rings (SSSR count). The standard InChI is InChI=1S/C22H15BrN2O2/c23-19-9-5-4-8-18(19)21-24-20(14-15-6-2-1-3-7-15)22(27)25(21)16-10-12-17(26)13-11-16/h1-14,26H/b20-14+. The Morgan fingerprint density at radius 1 is 0.889 bits per heavy atom. The van der Waals surface area contributed by atoms with E-state index in [-0.39, 0.29) is 11.7 Å². The maximum Gasteiger partial charge on any atom is 0.282 e. The van der Waals surface area contributed by atoms with E-state index >= 15 is 0 Å². The van der Waals surface area contributed by atoms with Crippen LogP contribution < -0.4 is 4.90 Å². The van der Waals surface area contributed by atoms with E-state index in [4.69, 9.17) is 0 Å². The highest BCUT2D eigenvalue weighted by atomic mass is 79.9. The van der Waals surface area contributed by atoms with Gasteiger partial charge in [-0.25, -0.2) is 4.99 Å². The molecule has 3 aromatic carbocycles. The lowest BCUT2D eigenvalue weighted by Crippen LogP contribution is -2.32. The SMILES string of the molecule is O=C1/C(=C\c2ccccc2)N=C(c2ccccc2Br)N1c1ccc(O)cc1. The number of amidine groups is 1. The molecule has 132 valence electrons. The molecule has 0 spiro atoms. The van der Waals surface area contributed by atoms with Gasteiger partial charge >= 0.3 is 0 Å². The molecule has 0 bridgehead atoms. The largest absolute Gasteiger partial charge is 0.508 e. The molecular weight excluding hydrogens is 404 g/mol. The molecule has 0 aliphatic carbocycles. The van der Waals surface area contributed by atoms with Gasteiger partial charge in [0.1, 0.15) is 17.3 Å². The Morgan fingerprint density at radius 3 is 2.26 bits per heavy atom. The number of aliphatic imine (C=N–C) groups is 1. The molecule has 0 saturated heterocycles. The first kappa shape index (κ1) is 17.2. The molecule has 0 saturated carbocycles. The van der Waals surface area contributed by atoms with Crippen LogP contribution in [-0.2, 0) is 4.79 Å². The van der Waals surface area contributed by atoms with Gasteiger partial charge in [0.25, 0.3) is 5.91 Å². The van der Waals surface area contributed by atoms with Gasteiger partial charge in [0.2, 0.25) is 0 Å². The Kier molecular flexibility index (Phi) is 4.60. The number of rotatable bonds is 3. The first-order chi connectivity index (χ1) is 13.1. The van der Waals surface area contributed by atoms with E-state index in [1.54, 1.807) is 35.2 Å². The maximum atomic E-state index is 13.2. The van der Waals surface area contributed by atoms with Crippen LogP contribution in [0.5, 0.6) is 5.75 Å².